The fraction of sp³-hybridized carbons (Fsp3) is 1.00. The third kappa shape index (κ3) is 3.95. The molecule has 0 aliphatic carbocycles. The second-order valence-electron chi connectivity index (χ2n) is 4.44. The minimum Gasteiger partial charge on any atom is -0.385 e. The molecule has 0 saturated carbocycles. The molecule has 1 aliphatic rings. The Bertz CT molecular complexity index is 152. The van der Waals surface area contributed by atoms with Crippen LogP contribution in [-0.4, -0.2) is 51.3 Å². The molecule has 2 atom stereocenters. The van der Waals surface area contributed by atoms with Gasteiger partial charge < -0.3 is 15.0 Å². The molecule has 0 amide bonds. The largest absolute Gasteiger partial charge is 0.385 e. The van der Waals surface area contributed by atoms with Gasteiger partial charge in [-0.2, -0.15) is 0 Å². The molecular weight excluding hydrogens is 176 g/mol. The van der Waals surface area contributed by atoms with Gasteiger partial charge in [0, 0.05) is 32.8 Å². The summed E-state index contributed by atoms with van der Waals surface area (Å²) in [5, 5.41) is 3.55. The highest BCUT2D eigenvalue weighted by Crippen LogP contribution is 2.14. The van der Waals surface area contributed by atoms with Crippen molar-refractivity contribution in [1.82, 2.24) is 10.2 Å². The van der Waals surface area contributed by atoms with E-state index < -0.39 is 0 Å². The lowest BCUT2D eigenvalue weighted by molar-refractivity contribution is 0.175. The molecule has 0 bridgehead atoms. The van der Waals surface area contributed by atoms with Crippen LogP contribution in [0, 0.1) is 5.92 Å². The molecule has 1 heterocycles. The predicted molar refractivity (Wildman–Crippen MR) is 59.6 cm³/mol. The number of hydrogen-bond acceptors (Lipinski definition) is 3. The van der Waals surface area contributed by atoms with Gasteiger partial charge in [0.2, 0.25) is 0 Å². The topological polar surface area (TPSA) is 24.5 Å². The van der Waals surface area contributed by atoms with Crippen molar-refractivity contribution in [3.63, 3.8) is 0 Å². The smallest absolute Gasteiger partial charge is 0.0474 e. The number of ether oxygens (including phenoxy) is 1. The van der Waals surface area contributed by atoms with Crippen molar-refractivity contribution in [3.05, 3.63) is 0 Å². The third-order valence-electron chi connectivity index (χ3n) is 3.09. The van der Waals surface area contributed by atoms with Gasteiger partial charge in [0.05, 0.1) is 0 Å². The van der Waals surface area contributed by atoms with E-state index in [1.54, 1.807) is 7.11 Å². The SMILES string of the molecule is COCCCN(C)CC1NCCC1C. The maximum absolute atomic E-state index is 5.04. The second-order valence-corrected chi connectivity index (χ2v) is 4.44. The zero-order chi connectivity index (χ0) is 10.4. The Balaban J connectivity index is 2.09. The first-order valence-corrected chi connectivity index (χ1v) is 5.65. The van der Waals surface area contributed by atoms with E-state index >= 15 is 0 Å². The summed E-state index contributed by atoms with van der Waals surface area (Å²) in [4.78, 5) is 2.40. The van der Waals surface area contributed by atoms with Gasteiger partial charge in [0.1, 0.15) is 0 Å². The minimum atomic E-state index is 0.697. The Hall–Kier alpha value is -0.120. The molecule has 3 heteroatoms. The normalized spacial score (nSPS) is 27.4. The van der Waals surface area contributed by atoms with E-state index in [2.05, 4.69) is 24.2 Å². The highest BCUT2D eigenvalue weighted by Gasteiger charge is 2.23. The maximum atomic E-state index is 5.04. The molecular formula is C11H24N2O. The lowest BCUT2D eigenvalue weighted by atomic mass is 10.0. The Labute approximate surface area is 87.8 Å². The van der Waals surface area contributed by atoms with Crippen LogP contribution >= 0.6 is 0 Å². The van der Waals surface area contributed by atoms with Gasteiger partial charge in [-0.25, -0.2) is 0 Å². The van der Waals surface area contributed by atoms with Crippen molar-refractivity contribution in [3.8, 4) is 0 Å². The first-order chi connectivity index (χ1) is 6.74. The fourth-order valence-corrected chi connectivity index (χ4v) is 2.05. The van der Waals surface area contributed by atoms with Gasteiger partial charge in [0.15, 0.2) is 0 Å². The van der Waals surface area contributed by atoms with Crippen LogP contribution in [0.3, 0.4) is 0 Å². The van der Waals surface area contributed by atoms with Crippen molar-refractivity contribution in [1.29, 1.82) is 0 Å². The van der Waals surface area contributed by atoms with Gasteiger partial charge in [-0.15, -0.1) is 0 Å². The standard InChI is InChI=1S/C11H24N2O/c1-10-5-6-12-11(10)9-13(2)7-4-8-14-3/h10-12H,4-9H2,1-3H3. The van der Waals surface area contributed by atoms with Crippen LogP contribution in [0.4, 0.5) is 0 Å². The first kappa shape index (κ1) is 12.0. The average Bonchev–Trinajstić information content (AvgIpc) is 2.52. The lowest BCUT2D eigenvalue weighted by Gasteiger charge is -2.23. The Morgan fingerprint density at radius 3 is 2.86 bits per heavy atom. The van der Waals surface area contributed by atoms with Crippen LogP contribution in [0.25, 0.3) is 0 Å². The third-order valence-corrected chi connectivity index (χ3v) is 3.09. The van der Waals surface area contributed by atoms with Gasteiger partial charge in [-0.3, -0.25) is 0 Å². The molecule has 0 aromatic carbocycles. The maximum Gasteiger partial charge on any atom is 0.0474 e. The van der Waals surface area contributed by atoms with Crippen LogP contribution in [0.5, 0.6) is 0 Å². The summed E-state index contributed by atoms with van der Waals surface area (Å²) < 4.78 is 5.04. The molecule has 2 unspecified atom stereocenters. The molecule has 0 aromatic heterocycles. The molecule has 1 N–H and O–H groups in total. The Morgan fingerprint density at radius 1 is 1.50 bits per heavy atom. The average molecular weight is 200 g/mol. The zero-order valence-electron chi connectivity index (χ0n) is 9.75. The summed E-state index contributed by atoms with van der Waals surface area (Å²) in [6.07, 6.45) is 2.46. The number of rotatable bonds is 6. The van der Waals surface area contributed by atoms with E-state index in [1.165, 1.54) is 19.5 Å². The van der Waals surface area contributed by atoms with Gasteiger partial charge in [-0.1, -0.05) is 6.92 Å². The highest BCUT2D eigenvalue weighted by molar-refractivity contribution is 4.82. The predicted octanol–water partition coefficient (Wildman–Crippen LogP) is 0.953. The molecule has 0 aromatic rings. The van der Waals surface area contributed by atoms with E-state index in [0.29, 0.717) is 6.04 Å². The molecule has 3 nitrogen and oxygen atoms in total. The Kier molecular flexibility index (Phi) is 5.45. The molecule has 84 valence electrons. The number of methoxy groups -OCH3 is 1. The van der Waals surface area contributed by atoms with E-state index in [1.807, 2.05) is 0 Å². The van der Waals surface area contributed by atoms with Crippen LogP contribution in [0.15, 0.2) is 0 Å². The van der Waals surface area contributed by atoms with Crippen molar-refractivity contribution in [2.45, 2.75) is 25.8 Å². The summed E-state index contributed by atoms with van der Waals surface area (Å²) in [6.45, 7) is 6.72. The summed E-state index contributed by atoms with van der Waals surface area (Å²) in [5.41, 5.74) is 0. The quantitative estimate of drug-likeness (QED) is 0.646. The molecule has 1 aliphatic heterocycles. The highest BCUT2D eigenvalue weighted by atomic mass is 16.5. The number of hydrogen-bond donors (Lipinski definition) is 1. The molecule has 1 rings (SSSR count). The van der Waals surface area contributed by atoms with Crippen LogP contribution < -0.4 is 5.32 Å². The summed E-state index contributed by atoms with van der Waals surface area (Å²) in [6, 6.07) is 0.697. The zero-order valence-corrected chi connectivity index (χ0v) is 9.75. The van der Waals surface area contributed by atoms with E-state index in [0.717, 1.165) is 25.5 Å². The minimum absolute atomic E-state index is 0.697. The van der Waals surface area contributed by atoms with Crippen LogP contribution in [0.2, 0.25) is 0 Å². The van der Waals surface area contributed by atoms with Gasteiger partial charge >= 0.3 is 0 Å². The van der Waals surface area contributed by atoms with Crippen LogP contribution in [-0.2, 0) is 4.74 Å². The molecule has 0 radical (unpaired) electrons. The van der Waals surface area contributed by atoms with Gasteiger partial charge in [-0.05, 0) is 32.4 Å². The number of nitrogens with zero attached hydrogens (tertiary/aromatic N) is 1. The van der Waals surface area contributed by atoms with E-state index in [9.17, 15) is 0 Å². The lowest BCUT2D eigenvalue weighted by Crippen LogP contribution is -2.38. The number of likely N-dealkylation sites (N-methyl/N-ethyl adjacent to an activating group) is 1. The molecule has 14 heavy (non-hydrogen) atoms. The summed E-state index contributed by atoms with van der Waals surface area (Å²) >= 11 is 0. The molecule has 1 fully saturated rings. The van der Waals surface area contributed by atoms with E-state index in [-0.39, 0.29) is 0 Å². The fourth-order valence-electron chi connectivity index (χ4n) is 2.05. The molecule has 1 saturated heterocycles. The van der Waals surface area contributed by atoms with Crippen molar-refractivity contribution < 1.29 is 4.74 Å². The Morgan fingerprint density at radius 2 is 2.29 bits per heavy atom. The van der Waals surface area contributed by atoms with Crippen molar-refractivity contribution in [2.24, 2.45) is 5.92 Å². The van der Waals surface area contributed by atoms with Gasteiger partial charge in [0.25, 0.3) is 0 Å². The summed E-state index contributed by atoms with van der Waals surface area (Å²) in [5.74, 6) is 0.833. The van der Waals surface area contributed by atoms with E-state index in [4.69, 9.17) is 4.74 Å². The first-order valence-electron chi connectivity index (χ1n) is 5.65. The molecule has 0 spiro atoms. The van der Waals surface area contributed by atoms with Crippen molar-refractivity contribution in [2.75, 3.05) is 40.4 Å². The van der Waals surface area contributed by atoms with Crippen LogP contribution in [0.1, 0.15) is 19.8 Å². The summed E-state index contributed by atoms with van der Waals surface area (Å²) in [7, 11) is 3.96. The monoisotopic (exact) mass is 200 g/mol. The second kappa shape index (κ2) is 6.38. The number of nitrogens with one attached hydrogen (secondary N) is 1. The van der Waals surface area contributed by atoms with Crippen molar-refractivity contribution >= 4 is 0 Å².